The van der Waals surface area contributed by atoms with Crippen molar-refractivity contribution in [3.05, 3.63) is 0 Å². The van der Waals surface area contributed by atoms with Crippen molar-refractivity contribution in [2.24, 2.45) is 5.92 Å². The quantitative estimate of drug-likeness (QED) is 0.514. The second kappa shape index (κ2) is 10.1. The zero-order chi connectivity index (χ0) is 14.3. The predicted molar refractivity (Wildman–Crippen MR) is 71.7 cm³/mol. The maximum Gasteiger partial charge on any atom is 1.00 e. The average molecular weight is 267 g/mol. The molecule has 0 saturated heterocycles. The summed E-state index contributed by atoms with van der Waals surface area (Å²) in [7, 11) is 5.50. The van der Waals surface area contributed by atoms with E-state index < -0.39 is 12.0 Å². The topological polar surface area (TPSA) is 72.9 Å². The van der Waals surface area contributed by atoms with Gasteiger partial charge in [0.15, 0.2) is 0 Å². The van der Waals surface area contributed by atoms with Crippen LogP contribution in [0.15, 0.2) is 0 Å². The molecule has 0 bridgehead atoms. The first-order valence-electron chi connectivity index (χ1n) is 6.13. The van der Waals surface area contributed by atoms with E-state index in [0.29, 0.717) is 13.0 Å². The molecule has 0 saturated carbocycles. The van der Waals surface area contributed by atoms with Crippen molar-refractivity contribution >= 4 is 12.0 Å². The minimum atomic E-state index is -0.988. The Labute approximate surface area is 129 Å². The van der Waals surface area contributed by atoms with Gasteiger partial charge in [0.2, 0.25) is 0 Å². The van der Waals surface area contributed by atoms with Crippen LogP contribution in [0.1, 0.15) is 21.7 Å². The van der Waals surface area contributed by atoms with Gasteiger partial charge in [-0.15, -0.1) is 0 Å². The average Bonchev–Trinajstić information content (AvgIpc) is 2.23. The largest absolute Gasteiger partial charge is 1.00 e. The minimum Gasteiger partial charge on any atom is -1.00 e. The van der Waals surface area contributed by atoms with E-state index in [1.165, 1.54) is 4.90 Å². The van der Waals surface area contributed by atoms with Gasteiger partial charge in [-0.25, -0.2) is 9.59 Å². The molecule has 0 heterocycles. The van der Waals surface area contributed by atoms with Crippen LogP contribution in [0.3, 0.4) is 0 Å². The van der Waals surface area contributed by atoms with Crippen molar-refractivity contribution in [2.75, 3.05) is 34.2 Å². The van der Waals surface area contributed by atoms with Crippen LogP contribution < -0.4 is 24.2 Å². The van der Waals surface area contributed by atoms with Gasteiger partial charge in [0, 0.05) is 20.1 Å². The Morgan fingerprint density at radius 2 is 1.74 bits per heavy atom. The monoisotopic (exact) mass is 267 g/mol. The number of carboxylic acids is 1. The van der Waals surface area contributed by atoms with Gasteiger partial charge in [-0.05, 0) is 26.4 Å². The number of urea groups is 1. The standard InChI is InChI=1S/C12H25N3O3.Li.H/c1-9(2)8-10(11(16)17)13-12(18)15(5)7-6-14(3)4;;/h9-10H,6-8H2,1-5H3,(H,13,18)(H,16,17);;/q;+1;-1. The molecule has 1 unspecified atom stereocenters. The summed E-state index contributed by atoms with van der Waals surface area (Å²) in [6.45, 7) is 5.16. The molecule has 108 valence electrons. The molecular formula is C12H26LiN3O3. The number of amides is 2. The number of rotatable bonds is 7. The van der Waals surface area contributed by atoms with Crippen LogP contribution in [0.5, 0.6) is 0 Å². The molecule has 0 aliphatic carbocycles. The van der Waals surface area contributed by atoms with Crippen molar-refractivity contribution < 1.29 is 35.0 Å². The fraction of sp³-hybridized carbons (Fsp3) is 0.833. The second-order valence-electron chi connectivity index (χ2n) is 5.19. The summed E-state index contributed by atoms with van der Waals surface area (Å²) >= 11 is 0. The molecule has 19 heavy (non-hydrogen) atoms. The van der Waals surface area contributed by atoms with Crippen molar-refractivity contribution in [1.29, 1.82) is 0 Å². The number of carbonyl (C=O) groups excluding carboxylic acids is 1. The molecule has 0 fully saturated rings. The van der Waals surface area contributed by atoms with E-state index in [2.05, 4.69) is 5.32 Å². The van der Waals surface area contributed by atoms with Crippen LogP contribution in [0, 0.1) is 5.92 Å². The molecule has 0 radical (unpaired) electrons. The molecule has 2 amide bonds. The summed E-state index contributed by atoms with van der Waals surface area (Å²) in [6.07, 6.45) is 0.433. The zero-order valence-corrected chi connectivity index (χ0v) is 12.9. The molecule has 0 aliphatic heterocycles. The minimum absolute atomic E-state index is 0. The molecule has 0 aromatic rings. The van der Waals surface area contributed by atoms with Crippen LogP contribution in [0.4, 0.5) is 4.79 Å². The fourth-order valence-electron chi connectivity index (χ4n) is 1.40. The van der Waals surface area contributed by atoms with Crippen LogP contribution in [-0.4, -0.2) is 67.2 Å². The normalized spacial score (nSPS) is 11.9. The summed E-state index contributed by atoms with van der Waals surface area (Å²) in [6, 6.07) is -1.16. The Balaban J connectivity index is -0.00000144. The number of nitrogens with zero attached hydrogens (tertiary/aromatic N) is 2. The third kappa shape index (κ3) is 9.83. The molecule has 0 aliphatic rings. The Hall–Kier alpha value is -0.703. The predicted octanol–water partition coefficient (Wildman–Crippen LogP) is -2.19. The van der Waals surface area contributed by atoms with Crippen molar-refractivity contribution in [3.63, 3.8) is 0 Å². The van der Waals surface area contributed by atoms with E-state index in [0.717, 1.165) is 6.54 Å². The Bertz CT molecular complexity index is 291. The molecule has 0 rings (SSSR count). The third-order valence-electron chi connectivity index (χ3n) is 2.53. The zero-order valence-electron chi connectivity index (χ0n) is 13.9. The summed E-state index contributed by atoms with van der Waals surface area (Å²) in [5.74, 6) is -0.767. The summed E-state index contributed by atoms with van der Waals surface area (Å²) in [5.41, 5.74) is 0. The van der Waals surface area contributed by atoms with E-state index in [4.69, 9.17) is 5.11 Å². The molecule has 0 spiro atoms. The van der Waals surface area contributed by atoms with E-state index in [-0.39, 0.29) is 32.2 Å². The molecule has 0 aromatic carbocycles. The van der Waals surface area contributed by atoms with Crippen LogP contribution in [0.2, 0.25) is 0 Å². The van der Waals surface area contributed by atoms with E-state index in [1.807, 2.05) is 32.8 Å². The van der Waals surface area contributed by atoms with Crippen LogP contribution in [0.25, 0.3) is 0 Å². The van der Waals surface area contributed by atoms with Gasteiger partial charge >= 0.3 is 30.9 Å². The Morgan fingerprint density at radius 1 is 1.21 bits per heavy atom. The number of hydrogen-bond donors (Lipinski definition) is 2. The van der Waals surface area contributed by atoms with Crippen molar-refractivity contribution in [1.82, 2.24) is 15.1 Å². The first-order chi connectivity index (χ1) is 8.23. The fourth-order valence-corrected chi connectivity index (χ4v) is 1.40. The molecule has 7 heteroatoms. The Kier molecular flexibility index (Phi) is 11.0. The third-order valence-corrected chi connectivity index (χ3v) is 2.53. The van der Waals surface area contributed by atoms with E-state index >= 15 is 0 Å². The van der Waals surface area contributed by atoms with Gasteiger partial charge in [0.05, 0.1) is 0 Å². The first kappa shape index (κ1) is 20.6. The summed E-state index contributed by atoms with van der Waals surface area (Å²) in [4.78, 5) is 26.3. The second-order valence-corrected chi connectivity index (χ2v) is 5.19. The van der Waals surface area contributed by atoms with Gasteiger partial charge in [0.25, 0.3) is 0 Å². The smallest absolute Gasteiger partial charge is 1.00 e. The van der Waals surface area contributed by atoms with Gasteiger partial charge in [-0.3, -0.25) is 0 Å². The maximum atomic E-state index is 11.8. The first-order valence-corrected chi connectivity index (χ1v) is 6.13. The molecular weight excluding hydrogens is 241 g/mol. The number of hydrogen-bond acceptors (Lipinski definition) is 3. The molecule has 2 N–H and O–H groups in total. The van der Waals surface area contributed by atoms with Crippen LogP contribution >= 0.6 is 0 Å². The number of aliphatic carboxylic acids is 1. The summed E-state index contributed by atoms with van der Waals surface area (Å²) < 4.78 is 0. The molecule has 0 aromatic heterocycles. The summed E-state index contributed by atoms with van der Waals surface area (Å²) in [5, 5.41) is 11.6. The van der Waals surface area contributed by atoms with E-state index in [1.54, 1.807) is 7.05 Å². The number of nitrogens with one attached hydrogen (secondary N) is 1. The maximum absolute atomic E-state index is 11.8. The number of carbonyl (C=O) groups is 2. The van der Waals surface area contributed by atoms with Crippen molar-refractivity contribution in [2.45, 2.75) is 26.3 Å². The van der Waals surface area contributed by atoms with Crippen LogP contribution in [-0.2, 0) is 4.79 Å². The SMILES string of the molecule is CC(C)CC(NC(=O)N(C)CCN(C)C)C(=O)O.[H-].[Li+]. The van der Waals surface area contributed by atoms with Gasteiger partial charge in [0.1, 0.15) is 6.04 Å². The number of carboxylic acid groups (broad SMARTS) is 1. The van der Waals surface area contributed by atoms with Gasteiger partial charge in [-0.1, -0.05) is 13.8 Å². The van der Waals surface area contributed by atoms with Crippen molar-refractivity contribution in [3.8, 4) is 0 Å². The molecule has 1 atom stereocenters. The molecule has 6 nitrogen and oxygen atoms in total. The van der Waals surface area contributed by atoms with Gasteiger partial charge < -0.3 is 21.6 Å². The number of likely N-dealkylation sites (N-methyl/N-ethyl adjacent to an activating group) is 2. The Morgan fingerprint density at radius 3 is 2.11 bits per heavy atom. The van der Waals surface area contributed by atoms with Gasteiger partial charge in [-0.2, -0.15) is 0 Å². The van der Waals surface area contributed by atoms with E-state index in [9.17, 15) is 9.59 Å².